The standard InChI is InChI=1S/C15H34N2O/c1-8-16-14(15(4,5)18-7)10-12-17(6)11-9-13(2)3/h13-14,16H,8-12H2,1-7H3. The molecule has 0 spiro atoms. The van der Waals surface area contributed by atoms with Crippen LogP contribution < -0.4 is 5.32 Å². The van der Waals surface area contributed by atoms with Gasteiger partial charge in [0.25, 0.3) is 0 Å². The zero-order valence-electron chi connectivity index (χ0n) is 13.5. The summed E-state index contributed by atoms with van der Waals surface area (Å²) in [7, 11) is 4.01. The van der Waals surface area contributed by atoms with Crippen LogP contribution in [0.1, 0.15) is 47.5 Å². The fraction of sp³-hybridized carbons (Fsp3) is 1.00. The molecule has 0 fully saturated rings. The SMILES string of the molecule is CCNC(CCN(C)CCC(C)C)C(C)(C)OC. The number of hydrogen-bond donors (Lipinski definition) is 1. The summed E-state index contributed by atoms with van der Waals surface area (Å²) in [4.78, 5) is 2.43. The normalized spacial score (nSPS) is 14.5. The molecule has 0 radical (unpaired) electrons. The Morgan fingerprint density at radius 1 is 1.17 bits per heavy atom. The van der Waals surface area contributed by atoms with E-state index in [0.717, 1.165) is 25.4 Å². The minimum Gasteiger partial charge on any atom is -0.377 e. The largest absolute Gasteiger partial charge is 0.377 e. The van der Waals surface area contributed by atoms with E-state index >= 15 is 0 Å². The molecular weight excluding hydrogens is 224 g/mol. The van der Waals surface area contributed by atoms with Crippen molar-refractivity contribution in [3.63, 3.8) is 0 Å². The van der Waals surface area contributed by atoms with Crippen LogP contribution in [-0.2, 0) is 4.74 Å². The molecule has 0 aromatic carbocycles. The molecule has 1 unspecified atom stereocenters. The van der Waals surface area contributed by atoms with Crippen LogP contribution in [0, 0.1) is 5.92 Å². The van der Waals surface area contributed by atoms with Crippen molar-refractivity contribution in [2.75, 3.05) is 33.8 Å². The Bertz CT molecular complexity index is 205. The Kier molecular flexibility index (Phi) is 8.83. The maximum atomic E-state index is 5.60. The highest BCUT2D eigenvalue weighted by atomic mass is 16.5. The van der Waals surface area contributed by atoms with Gasteiger partial charge in [-0.15, -0.1) is 0 Å². The summed E-state index contributed by atoms with van der Waals surface area (Å²) in [6.07, 6.45) is 2.40. The molecule has 0 heterocycles. The van der Waals surface area contributed by atoms with Gasteiger partial charge in [-0.25, -0.2) is 0 Å². The van der Waals surface area contributed by atoms with Crippen molar-refractivity contribution in [2.45, 2.75) is 59.1 Å². The minimum absolute atomic E-state index is 0.102. The lowest BCUT2D eigenvalue weighted by Gasteiger charge is -2.35. The predicted molar refractivity (Wildman–Crippen MR) is 80.1 cm³/mol. The molecule has 0 aliphatic rings. The van der Waals surface area contributed by atoms with Gasteiger partial charge in [0.1, 0.15) is 0 Å². The third kappa shape index (κ3) is 7.34. The highest BCUT2D eigenvalue weighted by molar-refractivity contribution is 4.85. The van der Waals surface area contributed by atoms with Crippen LogP contribution in [0.15, 0.2) is 0 Å². The van der Waals surface area contributed by atoms with Crippen molar-refractivity contribution in [2.24, 2.45) is 5.92 Å². The predicted octanol–water partition coefficient (Wildman–Crippen LogP) is 2.76. The van der Waals surface area contributed by atoms with Gasteiger partial charge in [-0.05, 0) is 59.3 Å². The van der Waals surface area contributed by atoms with E-state index in [1.807, 2.05) is 0 Å². The molecule has 0 rings (SSSR count). The van der Waals surface area contributed by atoms with Crippen LogP contribution in [-0.4, -0.2) is 50.3 Å². The molecular formula is C15H34N2O. The molecule has 0 aliphatic carbocycles. The summed E-state index contributed by atoms with van der Waals surface area (Å²) in [5.74, 6) is 0.785. The average molecular weight is 258 g/mol. The van der Waals surface area contributed by atoms with Gasteiger partial charge < -0.3 is 15.0 Å². The maximum absolute atomic E-state index is 5.60. The first-order valence-electron chi connectivity index (χ1n) is 7.30. The van der Waals surface area contributed by atoms with Crippen LogP contribution in [0.3, 0.4) is 0 Å². The Morgan fingerprint density at radius 2 is 1.72 bits per heavy atom. The van der Waals surface area contributed by atoms with E-state index in [4.69, 9.17) is 4.74 Å². The highest BCUT2D eigenvalue weighted by Crippen LogP contribution is 2.17. The number of hydrogen-bond acceptors (Lipinski definition) is 3. The van der Waals surface area contributed by atoms with Crippen molar-refractivity contribution in [3.05, 3.63) is 0 Å². The summed E-state index contributed by atoms with van der Waals surface area (Å²) in [5.41, 5.74) is -0.102. The quantitative estimate of drug-likeness (QED) is 0.652. The lowest BCUT2D eigenvalue weighted by Crippen LogP contribution is -2.49. The van der Waals surface area contributed by atoms with E-state index in [0.29, 0.717) is 6.04 Å². The Balaban J connectivity index is 4.10. The molecule has 0 saturated heterocycles. The maximum Gasteiger partial charge on any atom is 0.0775 e. The molecule has 18 heavy (non-hydrogen) atoms. The smallest absolute Gasteiger partial charge is 0.0775 e. The molecule has 1 atom stereocenters. The third-order valence-electron chi connectivity index (χ3n) is 3.70. The molecule has 1 N–H and O–H groups in total. The summed E-state index contributed by atoms with van der Waals surface area (Å²) >= 11 is 0. The van der Waals surface area contributed by atoms with Crippen molar-refractivity contribution in [1.82, 2.24) is 10.2 Å². The molecule has 0 amide bonds. The fourth-order valence-corrected chi connectivity index (χ4v) is 2.02. The molecule has 0 bridgehead atoms. The first-order chi connectivity index (χ1) is 8.33. The summed E-state index contributed by atoms with van der Waals surface area (Å²) < 4.78 is 5.60. The van der Waals surface area contributed by atoms with Gasteiger partial charge in [-0.3, -0.25) is 0 Å². The highest BCUT2D eigenvalue weighted by Gasteiger charge is 2.28. The van der Waals surface area contributed by atoms with Crippen molar-refractivity contribution in [3.8, 4) is 0 Å². The Morgan fingerprint density at radius 3 is 2.17 bits per heavy atom. The first-order valence-corrected chi connectivity index (χ1v) is 7.30. The number of nitrogens with one attached hydrogen (secondary N) is 1. The van der Waals surface area contributed by atoms with E-state index in [-0.39, 0.29) is 5.60 Å². The number of ether oxygens (including phenoxy) is 1. The molecule has 0 aromatic heterocycles. The van der Waals surface area contributed by atoms with E-state index < -0.39 is 0 Å². The summed E-state index contributed by atoms with van der Waals surface area (Å²) in [5, 5.41) is 3.54. The van der Waals surface area contributed by atoms with E-state index in [9.17, 15) is 0 Å². The second-order valence-corrected chi connectivity index (χ2v) is 6.19. The van der Waals surface area contributed by atoms with Gasteiger partial charge in [0.05, 0.1) is 5.60 Å². The third-order valence-corrected chi connectivity index (χ3v) is 3.70. The van der Waals surface area contributed by atoms with Crippen molar-refractivity contribution >= 4 is 0 Å². The molecule has 0 aromatic rings. The van der Waals surface area contributed by atoms with Crippen LogP contribution in [0.2, 0.25) is 0 Å². The Labute approximate surface area is 114 Å². The second-order valence-electron chi connectivity index (χ2n) is 6.19. The van der Waals surface area contributed by atoms with Gasteiger partial charge in [-0.2, -0.15) is 0 Å². The van der Waals surface area contributed by atoms with Gasteiger partial charge >= 0.3 is 0 Å². The number of methoxy groups -OCH3 is 1. The van der Waals surface area contributed by atoms with E-state index in [1.54, 1.807) is 7.11 Å². The van der Waals surface area contributed by atoms with Crippen molar-refractivity contribution < 1.29 is 4.74 Å². The Hall–Kier alpha value is -0.120. The molecule has 110 valence electrons. The van der Waals surface area contributed by atoms with Crippen molar-refractivity contribution in [1.29, 1.82) is 0 Å². The molecule has 0 aliphatic heterocycles. The number of likely N-dealkylation sites (N-methyl/N-ethyl adjacent to an activating group) is 1. The van der Waals surface area contributed by atoms with Gasteiger partial charge in [0.2, 0.25) is 0 Å². The summed E-state index contributed by atoms with van der Waals surface area (Å²) in [6.45, 7) is 14.3. The first kappa shape index (κ1) is 17.9. The van der Waals surface area contributed by atoms with Gasteiger partial charge in [0, 0.05) is 13.2 Å². The topological polar surface area (TPSA) is 24.5 Å². The molecule has 3 heteroatoms. The van der Waals surface area contributed by atoms with Crippen LogP contribution in [0.25, 0.3) is 0 Å². The van der Waals surface area contributed by atoms with Crippen LogP contribution in [0.4, 0.5) is 0 Å². The average Bonchev–Trinajstić information content (AvgIpc) is 2.31. The van der Waals surface area contributed by atoms with Crippen LogP contribution >= 0.6 is 0 Å². The molecule has 3 nitrogen and oxygen atoms in total. The number of rotatable bonds is 10. The second kappa shape index (κ2) is 8.89. The van der Waals surface area contributed by atoms with E-state index in [1.165, 1.54) is 13.0 Å². The lowest BCUT2D eigenvalue weighted by molar-refractivity contribution is -0.0140. The van der Waals surface area contributed by atoms with Crippen LogP contribution in [0.5, 0.6) is 0 Å². The number of nitrogens with zero attached hydrogens (tertiary/aromatic N) is 1. The van der Waals surface area contributed by atoms with Gasteiger partial charge in [0.15, 0.2) is 0 Å². The monoisotopic (exact) mass is 258 g/mol. The minimum atomic E-state index is -0.102. The zero-order valence-corrected chi connectivity index (χ0v) is 13.5. The summed E-state index contributed by atoms with van der Waals surface area (Å²) in [6, 6.07) is 0.411. The fourth-order valence-electron chi connectivity index (χ4n) is 2.02. The van der Waals surface area contributed by atoms with E-state index in [2.05, 4.69) is 51.9 Å². The lowest BCUT2D eigenvalue weighted by atomic mass is 9.95. The molecule has 0 saturated carbocycles. The zero-order chi connectivity index (χ0) is 14.2. The van der Waals surface area contributed by atoms with Gasteiger partial charge in [-0.1, -0.05) is 20.8 Å².